The van der Waals surface area contributed by atoms with Crippen LogP contribution in [-0.4, -0.2) is 29.4 Å². The van der Waals surface area contributed by atoms with Crippen LogP contribution in [0.25, 0.3) is 0 Å². The molecule has 29 heavy (non-hydrogen) atoms. The maximum Gasteiger partial charge on any atom is 0.251 e. The highest BCUT2D eigenvalue weighted by Crippen LogP contribution is 2.45. The van der Waals surface area contributed by atoms with E-state index in [2.05, 4.69) is 37.5 Å². The second kappa shape index (κ2) is 9.26. The molecule has 3 rings (SSSR count). The van der Waals surface area contributed by atoms with Crippen molar-refractivity contribution in [3.8, 4) is 0 Å². The second-order valence-corrected chi connectivity index (χ2v) is 10.9. The van der Waals surface area contributed by atoms with Gasteiger partial charge in [-0.2, -0.15) is 0 Å². The number of benzene rings is 2. The lowest BCUT2D eigenvalue weighted by molar-refractivity contribution is -0.117. The van der Waals surface area contributed by atoms with Crippen LogP contribution in [0.4, 0.5) is 5.69 Å². The number of carbonyl (C=O) groups excluding carboxylic acids is 2. The lowest BCUT2D eigenvalue weighted by Gasteiger charge is -2.19. The Labute approximate surface area is 181 Å². The van der Waals surface area contributed by atoms with Crippen LogP contribution >= 0.6 is 23.5 Å². The van der Waals surface area contributed by atoms with Gasteiger partial charge in [0.2, 0.25) is 5.91 Å². The molecule has 0 radical (unpaired) electrons. The van der Waals surface area contributed by atoms with Crippen LogP contribution in [0.3, 0.4) is 0 Å². The number of hydrogen-bond donors (Lipinski definition) is 2. The van der Waals surface area contributed by atoms with Crippen molar-refractivity contribution in [1.29, 1.82) is 0 Å². The lowest BCUT2D eigenvalue weighted by Crippen LogP contribution is -2.41. The minimum Gasteiger partial charge on any atom is -0.341 e. The minimum absolute atomic E-state index is 0.0340. The molecule has 6 heteroatoms. The van der Waals surface area contributed by atoms with Gasteiger partial charge in [-0.15, -0.1) is 23.5 Å². The monoisotopic (exact) mass is 428 g/mol. The van der Waals surface area contributed by atoms with Crippen molar-refractivity contribution in [1.82, 2.24) is 5.32 Å². The number of nitrogens with one attached hydrogen (secondary N) is 2. The van der Waals surface area contributed by atoms with Gasteiger partial charge in [0, 0.05) is 22.8 Å². The summed E-state index contributed by atoms with van der Waals surface area (Å²) in [7, 11) is 0. The number of rotatable bonds is 5. The van der Waals surface area contributed by atoms with Crippen LogP contribution in [0.1, 0.15) is 53.8 Å². The zero-order chi connectivity index (χ0) is 21.0. The Morgan fingerprint density at radius 2 is 1.69 bits per heavy atom. The molecular formula is C23H28N2O2S2. The van der Waals surface area contributed by atoms with Crippen molar-refractivity contribution >= 4 is 41.0 Å². The summed E-state index contributed by atoms with van der Waals surface area (Å²) in [5.74, 6) is 1.84. The third-order valence-electron chi connectivity index (χ3n) is 4.80. The van der Waals surface area contributed by atoms with Crippen molar-refractivity contribution in [2.24, 2.45) is 0 Å². The smallest absolute Gasteiger partial charge is 0.251 e. The Balaban J connectivity index is 1.59. The van der Waals surface area contributed by atoms with Gasteiger partial charge in [-0.05, 0) is 47.7 Å². The summed E-state index contributed by atoms with van der Waals surface area (Å²) in [5.41, 5.74) is 3.72. The first kappa shape index (κ1) is 21.8. The van der Waals surface area contributed by atoms with E-state index in [9.17, 15) is 9.59 Å². The highest BCUT2D eigenvalue weighted by Gasteiger charge is 2.20. The van der Waals surface area contributed by atoms with Crippen molar-refractivity contribution in [2.45, 2.75) is 43.7 Å². The van der Waals surface area contributed by atoms with E-state index in [1.165, 1.54) is 11.1 Å². The first-order chi connectivity index (χ1) is 13.7. The quantitative estimate of drug-likeness (QED) is 0.685. The number of carbonyl (C=O) groups is 2. The minimum atomic E-state index is -0.635. The van der Waals surface area contributed by atoms with E-state index < -0.39 is 6.04 Å². The summed E-state index contributed by atoms with van der Waals surface area (Å²) in [6.45, 7) is 8.10. The summed E-state index contributed by atoms with van der Waals surface area (Å²) in [4.78, 5) is 25.1. The molecule has 1 atom stereocenters. The number of hydrogen-bond acceptors (Lipinski definition) is 4. The average molecular weight is 429 g/mol. The summed E-state index contributed by atoms with van der Waals surface area (Å²) >= 11 is 3.86. The zero-order valence-corrected chi connectivity index (χ0v) is 19.0. The van der Waals surface area contributed by atoms with Gasteiger partial charge in [-0.25, -0.2) is 0 Å². The molecule has 1 heterocycles. The molecule has 0 bridgehead atoms. The van der Waals surface area contributed by atoms with E-state index in [1.807, 2.05) is 53.9 Å². The predicted octanol–water partition coefficient (Wildman–Crippen LogP) is 5.22. The second-order valence-electron chi connectivity index (χ2n) is 8.21. The molecule has 0 aliphatic carbocycles. The van der Waals surface area contributed by atoms with Crippen molar-refractivity contribution in [2.75, 3.05) is 16.8 Å². The fraction of sp³-hybridized carbons (Fsp3) is 0.391. The molecule has 1 aliphatic rings. The third kappa shape index (κ3) is 5.80. The van der Waals surface area contributed by atoms with E-state index in [0.717, 1.165) is 17.2 Å². The molecule has 2 amide bonds. The Morgan fingerprint density at radius 1 is 1.03 bits per heavy atom. The van der Waals surface area contributed by atoms with Crippen LogP contribution < -0.4 is 10.6 Å². The SMILES string of the molecule is C[C@H](NC(=O)c1ccc(C(C)(C)C)cc1)C(=O)Nc1cccc(C2SCCS2)c1. The first-order valence-electron chi connectivity index (χ1n) is 9.79. The van der Waals surface area contributed by atoms with Crippen LogP contribution in [0.15, 0.2) is 48.5 Å². The number of anilines is 1. The molecule has 1 fully saturated rings. The maximum atomic E-state index is 12.6. The fourth-order valence-electron chi connectivity index (χ4n) is 3.03. The molecule has 154 valence electrons. The number of thioether (sulfide) groups is 2. The van der Waals surface area contributed by atoms with Gasteiger partial charge >= 0.3 is 0 Å². The number of amides is 2. The fourth-order valence-corrected chi connectivity index (χ4v) is 5.87. The van der Waals surface area contributed by atoms with E-state index in [-0.39, 0.29) is 17.2 Å². The maximum absolute atomic E-state index is 12.6. The summed E-state index contributed by atoms with van der Waals surface area (Å²) in [5, 5.41) is 5.70. The van der Waals surface area contributed by atoms with Crippen molar-refractivity contribution in [3.63, 3.8) is 0 Å². The van der Waals surface area contributed by atoms with Crippen LogP contribution in [-0.2, 0) is 10.2 Å². The first-order valence-corrected chi connectivity index (χ1v) is 11.9. The van der Waals surface area contributed by atoms with Gasteiger partial charge in [0.05, 0.1) is 4.58 Å². The summed E-state index contributed by atoms with van der Waals surface area (Å²) in [6.07, 6.45) is 0. The van der Waals surface area contributed by atoms with Gasteiger partial charge in [0.1, 0.15) is 6.04 Å². The Kier molecular flexibility index (Phi) is 6.96. The third-order valence-corrected chi connectivity index (χ3v) is 7.91. The predicted molar refractivity (Wildman–Crippen MR) is 125 cm³/mol. The zero-order valence-electron chi connectivity index (χ0n) is 17.3. The topological polar surface area (TPSA) is 58.2 Å². The summed E-state index contributed by atoms with van der Waals surface area (Å²) < 4.78 is 0.431. The van der Waals surface area contributed by atoms with Gasteiger partial charge < -0.3 is 10.6 Å². The molecule has 0 saturated carbocycles. The molecule has 0 aromatic heterocycles. The normalized spacial score (nSPS) is 15.7. The van der Waals surface area contributed by atoms with Crippen LogP contribution in [0, 0.1) is 0 Å². The van der Waals surface area contributed by atoms with Crippen LogP contribution in [0.2, 0.25) is 0 Å². The Bertz CT molecular complexity index is 869. The highest BCUT2D eigenvalue weighted by atomic mass is 32.2. The Hall–Kier alpha value is -1.92. The molecule has 2 aromatic rings. The molecule has 2 aromatic carbocycles. The molecular weight excluding hydrogens is 400 g/mol. The van der Waals surface area contributed by atoms with E-state index in [4.69, 9.17) is 0 Å². The van der Waals surface area contributed by atoms with Crippen molar-refractivity contribution < 1.29 is 9.59 Å². The van der Waals surface area contributed by atoms with Gasteiger partial charge in [-0.1, -0.05) is 45.0 Å². The molecule has 4 nitrogen and oxygen atoms in total. The van der Waals surface area contributed by atoms with Gasteiger partial charge in [-0.3, -0.25) is 9.59 Å². The van der Waals surface area contributed by atoms with Gasteiger partial charge in [0.15, 0.2) is 0 Å². The molecule has 0 unspecified atom stereocenters. The molecule has 1 aliphatic heterocycles. The van der Waals surface area contributed by atoms with E-state index >= 15 is 0 Å². The Morgan fingerprint density at radius 3 is 2.31 bits per heavy atom. The lowest BCUT2D eigenvalue weighted by atomic mass is 9.86. The molecule has 0 spiro atoms. The average Bonchev–Trinajstić information content (AvgIpc) is 3.22. The summed E-state index contributed by atoms with van der Waals surface area (Å²) in [6, 6.07) is 14.9. The molecule has 2 N–H and O–H groups in total. The van der Waals surface area contributed by atoms with E-state index in [0.29, 0.717) is 10.1 Å². The van der Waals surface area contributed by atoms with Crippen molar-refractivity contribution in [3.05, 3.63) is 65.2 Å². The van der Waals surface area contributed by atoms with Crippen LogP contribution in [0.5, 0.6) is 0 Å². The standard InChI is InChI=1S/C23H28N2O2S2/c1-15(24-21(27)16-8-10-18(11-9-16)23(2,3)4)20(26)25-19-7-5-6-17(14-19)22-28-12-13-29-22/h5-11,14-15,22H,12-13H2,1-4H3,(H,24,27)(H,25,26)/t15-/m0/s1. The van der Waals surface area contributed by atoms with Gasteiger partial charge in [0.25, 0.3) is 5.91 Å². The van der Waals surface area contributed by atoms with E-state index in [1.54, 1.807) is 19.1 Å². The largest absolute Gasteiger partial charge is 0.341 e. The molecule has 1 saturated heterocycles. The highest BCUT2D eigenvalue weighted by molar-refractivity contribution is 8.19.